The van der Waals surface area contributed by atoms with Crippen molar-refractivity contribution in [1.82, 2.24) is 9.71 Å². The number of methoxy groups -OCH3 is 1. The molecule has 0 aliphatic rings. The van der Waals surface area contributed by atoms with Crippen LogP contribution in [0, 0.1) is 0 Å². The van der Waals surface area contributed by atoms with E-state index in [0.717, 1.165) is 5.56 Å². The van der Waals surface area contributed by atoms with Crippen molar-refractivity contribution in [2.45, 2.75) is 11.4 Å². The molecule has 1 aromatic heterocycles. The zero-order chi connectivity index (χ0) is 20.0. The molecule has 7 nitrogen and oxygen atoms in total. The fourth-order valence-corrected chi connectivity index (χ4v) is 3.51. The van der Waals surface area contributed by atoms with Crippen molar-refractivity contribution >= 4 is 21.6 Å². The fraction of sp³-hybridized carbons (Fsp3) is 0.100. The molecule has 2 N–H and O–H groups in total. The molecule has 1 heterocycles. The largest absolute Gasteiger partial charge is 0.495 e. The number of amides is 1. The number of pyridine rings is 1. The van der Waals surface area contributed by atoms with Gasteiger partial charge in [-0.1, -0.05) is 18.2 Å². The molecular formula is C20H19N3O4S. The molecule has 0 fully saturated rings. The molecule has 144 valence electrons. The van der Waals surface area contributed by atoms with Gasteiger partial charge in [-0.2, -0.15) is 0 Å². The third kappa shape index (κ3) is 4.73. The summed E-state index contributed by atoms with van der Waals surface area (Å²) in [7, 11) is -2.18. The number of sulfonamides is 1. The van der Waals surface area contributed by atoms with Crippen molar-refractivity contribution < 1.29 is 17.9 Å². The Morgan fingerprint density at radius 3 is 2.46 bits per heavy atom. The topological polar surface area (TPSA) is 97.4 Å². The Morgan fingerprint density at radius 1 is 1.04 bits per heavy atom. The fourth-order valence-electron chi connectivity index (χ4n) is 2.49. The number of carbonyl (C=O) groups excluding carboxylic acids is 1. The Kier molecular flexibility index (Phi) is 6.03. The van der Waals surface area contributed by atoms with Crippen molar-refractivity contribution in [2.24, 2.45) is 0 Å². The molecule has 0 spiro atoms. The molecule has 0 atom stereocenters. The molecule has 3 rings (SSSR count). The molecule has 2 aromatic carbocycles. The Hall–Kier alpha value is -3.23. The average Bonchev–Trinajstić information content (AvgIpc) is 2.73. The number of hydrogen-bond donors (Lipinski definition) is 2. The lowest BCUT2D eigenvalue weighted by molar-refractivity contribution is 0.102. The van der Waals surface area contributed by atoms with Crippen LogP contribution in [0.1, 0.15) is 15.9 Å². The lowest BCUT2D eigenvalue weighted by Crippen LogP contribution is -2.23. The van der Waals surface area contributed by atoms with E-state index >= 15 is 0 Å². The summed E-state index contributed by atoms with van der Waals surface area (Å²) in [6, 6.07) is 16.3. The van der Waals surface area contributed by atoms with Crippen LogP contribution in [0.3, 0.4) is 0 Å². The summed E-state index contributed by atoms with van der Waals surface area (Å²) in [5.41, 5.74) is 1.61. The SMILES string of the molecule is COc1ccccc1NC(=O)c1ccc(S(=O)(=O)NCc2cccnc2)cc1. The highest BCUT2D eigenvalue weighted by Gasteiger charge is 2.15. The van der Waals surface area contributed by atoms with E-state index in [2.05, 4.69) is 15.0 Å². The van der Waals surface area contributed by atoms with Crippen LogP contribution in [0.15, 0.2) is 78.0 Å². The van der Waals surface area contributed by atoms with Gasteiger partial charge >= 0.3 is 0 Å². The van der Waals surface area contributed by atoms with Gasteiger partial charge in [0.25, 0.3) is 5.91 Å². The van der Waals surface area contributed by atoms with Crippen molar-refractivity contribution in [3.05, 3.63) is 84.2 Å². The summed E-state index contributed by atoms with van der Waals surface area (Å²) < 4.78 is 32.5. The minimum Gasteiger partial charge on any atom is -0.495 e. The lowest BCUT2D eigenvalue weighted by Gasteiger charge is -2.10. The maximum atomic E-state index is 12.4. The first-order valence-electron chi connectivity index (χ1n) is 8.42. The van der Waals surface area contributed by atoms with Gasteiger partial charge in [0, 0.05) is 24.5 Å². The van der Waals surface area contributed by atoms with Crippen molar-refractivity contribution in [2.75, 3.05) is 12.4 Å². The normalized spacial score (nSPS) is 11.0. The molecule has 0 saturated carbocycles. The number of hydrogen-bond acceptors (Lipinski definition) is 5. The van der Waals surface area contributed by atoms with Crippen molar-refractivity contribution in [3.63, 3.8) is 0 Å². The Labute approximate surface area is 163 Å². The summed E-state index contributed by atoms with van der Waals surface area (Å²) in [5.74, 6) is 0.173. The molecular weight excluding hydrogens is 378 g/mol. The molecule has 8 heteroatoms. The van der Waals surface area contributed by atoms with E-state index in [1.54, 1.807) is 48.8 Å². The van der Waals surface area contributed by atoms with Crippen LogP contribution in [0.4, 0.5) is 5.69 Å². The third-order valence-corrected chi connectivity index (χ3v) is 5.39. The first-order valence-corrected chi connectivity index (χ1v) is 9.91. The van der Waals surface area contributed by atoms with Crippen LogP contribution >= 0.6 is 0 Å². The number of nitrogens with zero attached hydrogens (tertiary/aromatic N) is 1. The number of anilines is 1. The second kappa shape index (κ2) is 8.64. The second-order valence-electron chi connectivity index (χ2n) is 5.86. The second-order valence-corrected chi connectivity index (χ2v) is 7.63. The molecule has 0 bridgehead atoms. The number of nitrogens with one attached hydrogen (secondary N) is 2. The highest BCUT2D eigenvalue weighted by molar-refractivity contribution is 7.89. The van der Waals surface area contributed by atoms with E-state index in [0.29, 0.717) is 17.0 Å². The smallest absolute Gasteiger partial charge is 0.255 e. The predicted octanol–water partition coefficient (Wildman–Crippen LogP) is 2.82. The number of benzene rings is 2. The van der Waals surface area contributed by atoms with E-state index in [1.165, 1.54) is 31.4 Å². The van der Waals surface area contributed by atoms with Crippen LogP contribution < -0.4 is 14.8 Å². The number of aromatic nitrogens is 1. The van der Waals surface area contributed by atoms with Gasteiger partial charge in [-0.15, -0.1) is 0 Å². The quantitative estimate of drug-likeness (QED) is 0.639. The zero-order valence-corrected chi connectivity index (χ0v) is 15.9. The van der Waals surface area contributed by atoms with Crippen LogP contribution in [0.5, 0.6) is 5.75 Å². The first kappa shape index (κ1) is 19.5. The summed E-state index contributed by atoms with van der Waals surface area (Å²) in [6.45, 7) is 0.131. The zero-order valence-electron chi connectivity index (χ0n) is 15.1. The molecule has 0 aliphatic carbocycles. The van der Waals surface area contributed by atoms with Crippen molar-refractivity contribution in [3.8, 4) is 5.75 Å². The van der Waals surface area contributed by atoms with Gasteiger partial charge in [0.1, 0.15) is 5.75 Å². The van der Waals surface area contributed by atoms with Crippen molar-refractivity contribution in [1.29, 1.82) is 0 Å². The van der Waals surface area contributed by atoms with Gasteiger partial charge < -0.3 is 10.1 Å². The van der Waals surface area contributed by atoms with Crippen LogP contribution in [0.2, 0.25) is 0 Å². The highest BCUT2D eigenvalue weighted by Crippen LogP contribution is 2.23. The highest BCUT2D eigenvalue weighted by atomic mass is 32.2. The molecule has 0 unspecified atom stereocenters. The average molecular weight is 397 g/mol. The summed E-state index contributed by atoms with van der Waals surface area (Å²) in [4.78, 5) is 16.4. The third-order valence-electron chi connectivity index (χ3n) is 3.97. The molecule has 0 aliphatic heterocycles. The summed E-state index contributed by atoms with van der Waals surface area (Å²) >= 11 is 0. The van der Waals surface area contributed by atoms with Crippen LogP contribution in [0.25, 0.3) is 0 Å². The number of carbonyl (C=O) groups is 1. The van der Waals surface area contributed by atoms with Gasteiger partial charge in [-0.25, -0.2) is 13.1 Å². The van der Waals surface area contributed by atoms with Gasteiger partial charge in [0.15, 0.2) is 0 Å². The summed E-state index contributed by atoms with van der Waals surface area (Å²) in [5, 5.41) is 2.75. The van der Waals surface area contributed by atoms with Crippen LogP contribution in [-0.4, -0.2) is 26.4 Å². The van der Waals surface area contributed by atoms with Gasteiger partial charge in [0.2, 0.25) is 10.0 Å². The maximum Gasteiger partial charge on any atom is 0.255 e. The molecule has 0 saturated heterocycles. The van der Waals surface area contributed by atoms with Gasteiger partial charge in [-0.3, -0.25) is 9.78 Å². The minimum atomic E-state index is -3.70. The van der Waals surface area contributed by atoms with Gasteiger partial charge in [-0.05, 0) is 48.0 Å². The van der Waals surface area contributed by atoms with E-state index < -0.39 is 10.0 Å². The Balaban J connectivity index is 1.69. The Morgan fingerprint density at radius 2 is 1.79 bits per heavy atom. The minimum absolute atomic E-state index is 0.0743. The molecule has 28 heavy (non-hydrogen) atoms. The monoisotopic (exact) mass is 397 g/mol. The summed E-state index contributed by atoms with van der Waals surface area (Å²) in [6.07, 6.45) is 3.21. The number of para-hydroxylation sites is 2. The molecule has 0 radical (unpaired) electrons. The Bertz CT molecular complexity index is 1050. The molecule has 3 aromatic rings. The standard InChI is InChI=1S/C20H19N3O4S/c1-27-19-7-3-2-6-18(19)23-20(24)16-8-10-17(11-9-16)28(25,26)22-14-15-5-4-12-21-13-15/h2-13,22H,14H2,1H3,(H,23,24). The predicted molar refractivity (Wildman–Crippen MR) is 106 cm³/mol. The van der Waals surface area contributed by atoms with E-state index in [1.807, 2.05) is 0 Å². The van der Waals surface area contributed by atoms with E-state index in [4.69, 9.17) is 4.74 Å². The van der Waals surface area contributed by atoms with Crippen LogP contribution in [-0.2, 0) is 16.6 Å². The maximum absolute atomic E-state index is 12.4. The number of ether oxygens (including phenoxy) is 1. The first-order chi connectivity index (χ1) is 13.5. The van der Waals surface area contributed by atoms with Gasteiger partial charge in [0.05, 0.1) is 17.7 Å². The number of rotatable bonds is 7. The van der Waals surface area contributed by atoms with E-state index in [-0.39, 0.29) is 17.3 Å². The van der Waals surface area contributed by atoms with E-state index in [9.17, 15) is 13.2 Å². The molecule has 1 amide bonds. The lowest BCUT2D eigenvalue weighted by atomic mass is 10.2.